The van der Waals surface area contributed by atoms with Gasteiger partial charge in [-0.15, -0.1) is 0 Å². The van der Waals surface area contributed by atoms with Crippen molar-refractivity contribution < 1.29 is 14.3 Å². The maximum Gasteiger partial charge on any atom is 0.356 e. The highest BCUT2D eigenvalue weighted by Gasteiger charge is 2.28. The number of hydrogen-bond donors (Lipinski definition) is 2. The monoisotopic (exact) mass is 454 g/mol. The Labute approximate surface area is 192 Å². The highest BCUT2D eigenvalue weighted by atomic mass is 35.5. The van der Waals surface area contributed by atoms with E-state index in [0.29, 0.717) is 10.7 Å². The van der Waals surface area contributed by atoms with E-state index < -0.39 is 5.97 Å². The number of esters is 1. The predicted molar refractivity (Wildman–Crippen MR) is 128 cm³/mol. The number of nitrogens with zero attached hydrogens (tertiary/aromatic N) is 2. The lowest BCUT2D eigenvalue weighted by Gasteiger charge is -2.38. The summed E-state index contributed by atoms with van der Waals surface area (Å²) in [5.41, 5.74) is 2.59. The third-order valence-electron chi connectivity index (χ3n) is 5.85. The molecule has 7 nitrogen and oxygen atoms in total. The lowest BCUT2D eigenvalue weighted by atomic mass is 10.1. The molecule has 3 aromatic rings. The van der Waals surface area contributed by atoms with Gasteiger partial charge in [-0.2, -0.15) is 0 Å². The van der Waals surface area contributed by atoms with Gasteiger partial charge in [0.1, 0.15) is 5.69 Å². The number of rotatable bonds is 6. The van der Waals surface area contributed by atoms with Crippen LogP contribution in [0, 0.1) is 0 Å². The first kappa shape index (κ1) is 22.2. The number of ether oxygens (including phenoxy) is 1. The largest absolute Gasteiger partial charge is 0.461 e. The molecule has 0 aliphatic carbocycles. The number of halogens is 1. The van der Waals surface area contributed by atoms with Crippen LogP contribution in [0.1, 0.15) is 24.3 Å². The van der Waals surface area contributed by atoms with Crippen LogP contribution in [0.15, 0.2) is 48.5 Å². The lowest BCUT2D eigenvalue weighted by Crippen LogP contribution is -2.52. The first-order valence-electron chi connectivity index (χ1n) is 10.8. The summed E-state index contributed by atoms with van der Waals surface area (Å²) in [7, 11) is 0. The number of amides is 1. The van der Waals surface area contributed by atoms with Gasteiger partial charge in [0.15, 0.2) is 0 Å². The quantitative estimate of drug-likeness (QED) is 0.547. The number of benzene rings is 2. The van der Waals surface area contributed by atoms with E-state index >= 15 is 0 Å². The first-order valence-corrected chi connectivity index (χ1v) is 11.2. The number of para-hydroxylation sites is 1. The minimum atomic E-state index is -0.484. The zero-order valence-electron chi connectivity index (χ0n) is 18.2. The Morgan fingerprint density at radius 3 is 2.59 bits per heavy atom. The van der Waals surface area contributed by atoms with Gasteiger partial charge in [-0.05, 0) is 38.1 Å². The second-order valence-corrected chi connectivity index (χ2v) is 8.25. The minimum absolute atomic E-state index is 0.156. The number of anilines is 2. The Morgan fingerprint density at radius 1 is 1.12 bits per heavy atom. The molecule has 1 aromatic heterocycles. The number of piperazine rings is 1. The normalized spacial score (nSPS) is 15.5. The number of nitrogens with one attached hydrogen (secondary N) is 2. The van der Waals surface area contributed by atoms with Crippen molar-refractivity contribution in [2.24, 2.45) is 0 Å². The second-order valence-electron chi connectivity index (χ2n) is 7.81. The molecule has 0 bridgehead atoms. The Balaban J connectivity index is 1.46. The molecule has 1 unspecified atom stereocenters. The van der Waals surface area contributed by atoms with Gasteiger partial charge in [-0.1, -0.05) is 35.9 Å². The first-order chi connectivity index (χ1) is 15.5. The summed E-state index contributed by atoms with van der Waals surface area (Å²) in [6.07, 6.45) is 0. The number of H-pyrrole nitrogens is 1. The van der Waals surface area contributed by atoms with Crippen molar-refractivity contribution in [1.29, 1.82) is 0 Å². The molecular weight excluding hydrogens is 428 g/mol. The van der Waals surface area contributed by atoms with Crippen LogP contribution in [0.4, 0.5) is 11.4 Å². The van der Waals surface area contributed by atoms with E-state index in [1.807, 2.05) is 55.5 Å². The van der Waals surface area contributed by atoms with Gasteiger partial charge in [0.25, 0.3) is 0 Å². The molecule has 2 aromatic carbocycles. The summed E-state index contributed by atoms with van der Waals surface area (Å²) >= 11 is 6.12. The molecule has 8 heteroatoms. The third kappa shape index (κ3) is 4.59. The van der Waals surface area contributed by atoms with Crippen LogP contribution in [0.3, 0.4) is 0 Å². The van der Waals surface area contributed by atoms with Crippen LogP contribution in [0.25, 0.3) is 10.9 Å². The van der Waals surface area contributed by atoms with Crippen LogP contribution in [-0.4, -0.2) is 60.6 Å². The lowest BCUT2D eigenvalue weighted by molar-refractivity contribution is -0.120. The molecule has 1 aliphatic rings. The fourth-order valence-corrected chi connectivity index (χ4v) is 4.25. The van der Waals surface area contributed by atoms with E-state index in [1.54, 1.807) is 6.92 Å². The zero-order valence-corrected chi connectivity index (χ0v) is 19.0. The molecule has 0 saturated carbocycles. The summed E-state index contributed by atoms with van der Waals surface area (Å²) in [5.74, 6) is -0.640. The van der Waals surface area contributed by atoms with Crippen molar-refractivity contribution in [1.82, 2.24) is 9.88 Å². The molecule has 168 valence electrons. The fourth-order valence-electron chi connectivity index (χ4n) is 4.06. The number of hydrogen-bond acceptors (Lipinski definition) is 5. The molecule has 1 saturated heterocycles. The Kier molecular flexibility index (Phi) is 6.67. The van der Waals surface area contributed by atoms with Crippen molar-refractivity contribution in [3.8, 4) is 0 Å². The van der Waals surface area contributed by atoms with Gasteiger partial charge >= 0.3 is 5.97 Å². The molecule has 0 spiro atoms. The second kappa shape index (κ2) is 9.63. The molecule has 1 atom stereocenters. The Morgan fingerprint density at radius 2 is 1.88 bits per heavy atom. The van der Waals surface area contributed by atoms with E-state index in [-0.39, 0.29) is 24.2 Å². The molecule has 4 rings (SSSR count). The number of carbonyl (C=O) groups excluding carboxylic acids is 2. The van der Waals surface area contributed by atoms with E-state index in [9.17, 15) is 9.59 Å². The Hall–Kier alpha value is -3.03. The van der Waals surface area contributed by atoms with Crippen LogP contribution in [0.5, 0.6) is 0 Å². The predicted octanol–water partition coefficient (Wildman–Crippen LogP) is 4.15. The SMILES string of the molecule is CCOC(=O)c1[nH]c2ccccc2c1NC(=O)C(C)N1CCN(c2cccc(Cl)c2)CC1. The van der Waals surface area contributed by atoms with Gasteiger partial charge < -0.3 is 19.9 Å². The summed E-state index contributed by atoms with van der Waals surface area (Å²) in [6, 6.07) is 15.0. The maximum absolute atomic E-state index is 13.1. The molecule has 1 fully saturated rings. The van der Waals surface area contributed by atoms with Gasteiger partial charge in [-0.3, -0.25) is 9.69 Å². The number of carbonyl (C=O) groups is 2. The van der Waals surface area contributed by atoms with E-state index in [4.69, 9.17) is 16.3 Å². The maximum atomic E-state index is 13.1. The van der Waals surface area contributed by atoms with Gasteiger partial charge in [-0.25, -0.2) is 4.79 Å². The van der Waals surface area contributed by atoms with Gasteiger partial charge in [0.05, 0.1) is 18.3 Å². The molecule has 1 aliphatic heterocycles. The standard InChI is InChI=1S/C24H27ClN4O3/c1-3-32-24(31)22-21(19-9-4-5-10-20(19)26-22)27-23(30)16(2)28-11-13-29(14-12-28)18-8-6-7-17(25)15-18/h4-10,15-16,26H,3,11-14H2,1-2H3,(H,27,30). The molecule has 0 radical (unpaired) electrons. The van der Waals surface area contributed by atoms with Gasteiger partial charge in [0, 0.05) is 47.8 Å². The van der Waals surface area contributed by atoms with Crippen molar-refractivity contribution >= 4 is 45.8 Å². The summed E-state index contributed by atoms with van der Waals surface area (Å²) in [4.78, 5) is 33.1. The molecule has 2 heterocycles. The number of aromatic amines is 1. The number of aromatic nitrogens is 1. The van der Waals surface area contributed by atoms with Crippen molar-refractivity contribution in [3.63, 3.8) is 0 Å². The smallest absolute Gasteiger partial charge is 0.356 e. The average molecular weight is 455 g/mol. The molecule has 1 amide bonds. The summed E-state index contributed by atoms with van der Waals surface area (Å²) in [6.45, 7) is 7.01. The number of fused-ring (bicyclic) bond motifs is 1. The Bertz CT molecular complexity index is 1120. The van der Waals surface area contributed by atoms with E-state index in [0.717, 1.165) is 42.8 Å². The van der Waals surface area contributed by atoms with Crippen LogP contribution < -0.4 is 10.2 Å². The molecular formula is C24H27ClN4O3. The highest BCUT2D eigenvalue weighted by molar-refractivity contribution is 6.30. The molecule has 2 N–H and O–H groups in total. The zero-order chi connectivity index (χ0) is 22.7. The summed E-state index contributed by atoms with van der Waals surface area (Å²) in [5, 5.41) is 4.47. The fraction of sp³-hybridized carbons (Fsp3) is 0.333. The van der Waals surface area contributed by atoms with E-state index in [1.165, 1.54) is 0 Å². The average Bonchev–Trinajstić information content (AvgIpc) is 3.17. The van der Waals surface area contributed by atoms with Crippen LogP contribution in [0.2, 0.25) is 5.02 Å². The minimum Gasteiger partial charge on any atom is -0.461 e. The topological polar surface area (TPSA) is 77.7 Å². The van der Waals surface area contributed by atoms with Crippen LogP contribution in [-0.2, 0) is 9.53 Å². The molecule has 32 heavy (non-hydrogen) atoms. The van der Waals surface area contributed by atoms with Crippen molar-refractivity contribution in [2.45, 2.75) is 19.9 Å². The van der Waals surface area contributed by atoms with Crippen LogP contribution >= 0.6 is 11.6 Å². The van der Waals surface area contributed by atoms with Crippen molar-refractivity contribution in [2.75, 3.05) is 43.0 Å². The highest BCUT2D eigenvalue weighted by Crippen LogP contribution is 2.29. The van der Waals surface area contributed by atoms with Gasteiger partial charge in [0.2, 0.25) is 5.91 Å². The third-order valence-corrected chi connectivity index (χ3v) is 6.08. The summed E-state index contributed by atoms with van der Waals surface area (Å²) < 4.78 is 5.17. The van der Waals surface area contributed by atoms with E-state index in [2.05, 4.69) is 20.1 Å². The van der Waals surface area contributed by atoms with Crippen molar-refractivity contribution in [3.05, 3.63) is 59.2 Å².